The van der Waals surface area contributed by atoms with E-state index in [4.69, 9.17) is 9.47 Å². The standard InChI is InChI=1S/C14H17BrO3/c1-9-7-13(17-2)11(8-12(9)15)14(16)10-3-5-18-6-4-10/h7-8,10H,3-6H2,1-2H3. The van der Waals surface area contributed by atoms with E-state index in [1.165, 1.54) is 0 Å². The predicted octanol–water partition coefficient (Wildman–Crippen LogP) is 3.38. The number of aryl methyl sites for hydroxylation is 1. The highest BCUT2D eigenvalue weighted by atomic mass is 79.9. The van der Waals surface area contributed by atoms with Crippen molar-refractivity contribution >= 4 is 21.7 Å². The van der Waals surface area contributed by atoms with Gasteiger partial charge in [-0.15, -0.1) is 0 Å². The van der Waals surface area contributed by atoms with Gasteiger partial charge in [-0.3, -0.25) is 4.79 Å². The number of Topliss-reactive ketones (excluding diaryl/α,β-unsaturated/α-hetero) is 1. The number of hydrogen-bond acceptors (Lipinski definition) is 3. The highest BCUT2D eigenvalue weighted by molar-refractivity contribution is 9.10. The van der Waals surface area contributed by atoms with E-state index >= 15 is 0 Å². The Kier molecular flexibility index (Phi) is 4.40. The van der Waals surface area contributed by atoms with Crippen molar-refractivity contribution in [2.75, 3.05) is 20.3 Å². The fourth-order valence-electron chi connectivity index (χ4n) is 2.20. The van der Waals surface area contributed by atoms with Crippen molar-refractivity contribution in [2.24, 2.45) is 5.92 Å². The largest absolute Gasteiger partial charge is 0.496 e. The highest BCUT2D eigenvalue weighted by Crippen LogP contribution is 2.30. The Hall–Kier alpha value is -0.870. The first-order valence-electron chi connectivity index (χ1n) is 6.09. The first-order valence-corrected chi connectivity index (χ1v) is 6.89. The lowest BCUT2D eigenvalue weighted by atomic mass is 9.90. The van der Waals surface area contributed by atoms with E-state index in [2.05, 4.69) is 15.9 Å². The van der Waals surface area contributed by atoms with Gasteiger partial charge in [-0.1, -0.05) is 15.9 Å². The van der Waals surface area contributed by atoms with Crippen LogP contribution in [0.4, 0.5) is 0 Å². The molecule has 1 aliphatic heterocycles. The van der Waals surface area contributed by atoms with Gasteiger partial charge in [0.05, 0.1) is 12.7 Å². The molecule has 4 heteroatoms. The number of carbonyl (C=O) groups is 1. The molecule has 0 unspecified atom stereocenters. The van der Waals surface area contributed by atoms with Crippen LogP contribution >= 0.6 is 15.9 Å². The Morgan fingerprint density at radius 1 is 1.39 bits per heavy atom. The molecule has 0 bridgehead atoms. The van der Waals surface area contributed by atoms with Crippen LogP contribution in [0, 0.1) is 12.8 Å². The van der Waals surface area contributed by atoms with Gasteiger partial charge in [0.25, 0.3) is 0 Å². The molecule has 1 fully saturated rings. The summed E-state index contributed by atoms with van der Waals surface area (Å²) in [5, 5.41) is 0. The minimum absolute atomic E-state index is 0.0576. The van der Waals surface area contributed by atoms with E-state index in [0.29, 0.717) is 24.5 Å². The second kappa shape index (κ2) is 5.85. The molecular formula is C14H17BrO3. The first kappa shape index (κ1) is 13.6. The van der Waals surface area contributed by atoms with Crippen molar-refractivity contribution in [3.63, 3.8) is 0 Å². The molecule has 3 nitrogen and oxygen atoms in total. The maximum absolute atomic E-state index is 12.5. The number of ether oxygens (including phenoxy) is 2. The first-order chi connectivity index (χ1) is 8.63. The number of methoxy groups -OCH3 is 1. The Morgan fingerprint density at radius 3 is 2.67 bits per heavy atom. The molecule has 0 amide bonds. The van der Waals surface area contributed by atoms with Crippen molar-refractivity contribution in [2.45, 2.75) is 19.8 Å². The number of rotatable bonds is 3. The molecule has 1 aromatic rings. The van der Waals surface area contributed by atoms with Crippen molar-refractivity contribution in [1.29, 1.82) is 0 Å². The fraction of sp³-hybridized carbons (Fsp3) is 0.500. The minimum atomic E-state index is 0.0576. The molecule has 1 saturated heterocycles. The zero-order chi connectivity index (χ0) is 13.1. The van der Waals surface area contributed by atoms with E-state index < -0.39 is 0 Å². The summed E-state index contributed by atoms with van der Waals surface area (Å²) in [6.07, 6.45) is 1.60. The third-order valence-corrected chi connectivity index (χ3v) is 4.19. The van der Waals surface area contributed by atoms with Crippen LogP contribution in [0.1, 0.15) is 28.8 Å². The molecule has 98 valence electrons. The average Bonchev–Trinajstić information content (AvgIpc) is 2.41. The molecule has 0 aromatic heterocycles. The Balaban J connectivity index is 2.31. The zero-order valence-electron chi connectivity index (χ0n) is 10.7. The van der Waals surface area contributed by atoms with Crippen molar-refractivity contribution in [3.8, 4) is 5.75 Å². The van der Waals surface area contributed by atoms with Gasteiger partial charge in [0, 0.05) is 23.6 Å². The maximum Gasteiger partial charge on any atom is 0.169 e. The molecule has 1 aromatic carbocycles. The average molecular weight is 313 g/mol. The van der Waals surface area contributed by atoms with Crippen LogP contribution < -0.4 is 4.74 Å². The molecule has 0 saturated carbocycles. The van der Waals surface area contributed by atoms with Crippen LogP contribution in [0.5, 0.6) is 5.75 Å². The molecule has 0 atom stereocenters. The van der Waals surface area contributed by atoms with Crippen LogP contribution in [0.25, 0.3) is 0 Å². The van der Waals surface area contributed by atoms with E-state index in [1.54, 1.807) is 7.11 Å². The summed E-state index contributed by atoms with van der Waals surface area (Å²) in [5.41, 5.74) is 1.73. The molecule has 1 heterocycles. The van der Waals surface area contributed by atoms with Gasteiger partial charge >= 0.3 is 0 Å². The van der Waals surface area contributed by atoms with Crippen molar-refractivity contribution in [3.05, 3.63) is 27.7 Å². The van der Waals surface area contributed by atoms with E-state index in [9.17, 15) is 4.79 Å². The summed E-state index contributed by atoms with van der Waals surface area (Å²) in [4.78, 5) is 12.5. The Labute approximate surface area is 116 Å². The topological polar surface area (TPSA) is 35.5 Å². The lowest BCUT2D eigenvalue weighted by molar-refractivity contribution is 0.0543. The highest BCUT2D eigenvalue weighted by Gasteiger charge is 2.25. The monoisotopic (exact) mass is 312 g/mol. The second-order valence-corrected chi connectivity index (χ2v) is 5.41. The SMILES string of the molecule is COc1cc(C)c(Br)cc1C(=O)C1CCOCC1. The summed E-state index contributed by atoms with van der Waals surface area (Å²) < 4.78 is 11.6. The van der Waals surface area contributed by atoms with Crippen LogP contribution in [0.3, 0.4) is 0 Å². The quantitative estimate of drug-likeness (QED) is 0.803. The fourth-order valence-corrected chi connectivity index (χ4v) is 2.54. The number of ketones is 1. The molecule has 2 rings (SSSR count). The number of benzene rings is 1. The van der Waals surface area contributed by atoms with E-state index in [1.807, 2.05) is 19.1 Å². The molecule has 0 spiro atoms. The van der Waals surface area contributed by atoms with E-state index in [0.717, 1.165) is 22.9 Å². The van der Waals surface area contributed by atoms with Crippen molar-refractivity contribution in [1.82, 2.24) is 0 Å². The minimum Gasteiger partial charge on any atom is -0.496 e. The van der Waals surface area contributed by atoms with Gasteiger partial charge < -0.3 is 9.47 Å². The Bertz CT molecular complexity index is 451. The number of halogens is 1. The van der Waals surface area contributed by atoms with Crippen LogP contribution in [-0.2, 0) is 4.74 Å². The van der Waals surface area contributed by atoms with Gasteiger partial charge in [-0.05, 0) is 37.5 Å². The summed E-state index contributed by atoms with van der Waals surface area (Å²) in [6.45, 7) is 3.33. The lowest BCUT2D eigenvalue weighted by Gasteiger charge is -2.22. The molecule has 1 aliphatic rings. The summed E-state index contributed by atoms with van der Waals surface area (Å²) >= 11 is 3.47. The predicted molar refractivity (Wildman–Crippen MR) is 73.3 cm³/mol. The summed E-state index contributed by atoms with van der Waals surface area (Å²) in [5.74, 6) is 0.880. The third kappa shape index (κ3) is 2.75. The van der Waals surface area contributed by atoms with Gasteiger partial charge in [0.1, 0.15) is 5.75 Å². The number of hydrogen-bond donors (Lipinski definition) is 0. The smallest absolute Gasteiger partial charge is 0.169 e. The van der Waals surface area contributed by atoms with Gasteiger partial charge in [0.2, 0.25) is 0 Å². The second-order valence-electron chi connectivity index (χ2n) is 4.55. The van der Waals surface area contributed by atoms with E-state index in [-0.39, 0.29) is 11.7 Å². The number of carbonyl (C=O) groups excluding carboxylic acids is 1. The molecule has 18 heavy (non-hydrogen) atoms. The van der Waals surface area contributed by atoms with Gasteiger partial charge in [-0.2, -0.15) is 0 Å². The third-order valence-electron chi connectivity index (χ3n) is 3.34. The Morgan fingerprint density at radius 2 is 2.06 bits per heavy atom. The molecule has 0 N–H and O–H groups in total. The van der Waals surface area contributed by atoms with Gasteiger partial charge in [0.15, 0.2) is 5.78 Å². The lowest BCUT2D eigenvalue weighted by Crippen LogP contribution is -2.24. The van der Waals surface area contributed by atoms with Crippen LogP contribution in [-0.4, -0.2) is 26.1 Å². The van der Waals surface area contributed by atoms with Crippen molar-refractivity contribution < 1.29 is 14.3 Å². The van der Waals surface area contributed by atoms with Gasteiger partial charge in [-0.25, -0.2) is 0 Å². The summed E-state index contributed by atoms with van der Waals surface area (Å²) in [7, 11) is 1.60. The van der Waals surface area contributed by atoms with Crippen LogP contribution in [0.2, 0.25) is 0 Å². The molecule has 0 radical (unpaired) electrons. The maximum atomic E-state index is 12.5. The molecule has 0 aliphatic carbocycles. The summed E-state index contributed by atoms with van der Waals surface area (Å²) in [6, 6.07) is 3.77. The van der Waals surface area contributed by atoms with Crippen LogP contribution in [0.15, 0.2) is 16.6 Å². The molecular weight excluding hydrogens is 296 g/mol. The zero-order valence-corrected chi connectivity index (χ0v) is 12.2. The normalized spacial score (nSPS) is 16.6.